The molecule has 3 aromatic rings. The first-order valence-electron chi connectivity index (χ1n) is 12.5. The number of hydrogen-bond donors (Lipinski definition) is 1. The number of rotatable bonds is 5. The largest absolute Gasteiger partial charge is 0.379 e. The fraction of sp³-hybridized carbons (Fsp3) is 0.357. The summed E-state index contributed by atoms with van der Waals surface area (Å²) in [4.78, 5) is 22.2. The van der Waals surface area contributed by atoms with Gasteiger partial charge in [0.05, 0.1) is 37.8 Å². The Bertz CT molecular complexity index is 1320. The maximum Gasteiger partial charge on any atom is 0.249 e. The second-order valence-corrected chi connectivity index (χ2v) is 9.97. The van der Waals surface area contributed by atoms with Crippen molar-refractivity contribution in [1.29, 1.82) is 0 Å². The summed E-state index contributed by atoms with van der Waals surface area (Å²) in [5.74, 6) is -0.439. The Kier molecular flexibility index (Phi) is 6.39. The molecule has 2 N–H and O–H groups in total. The van der Waals surface area contributed by atoms with Gasteiger partial charge in [0.25, 0.3) is 0 Å². The zero-order valence-electron chi connectivity index (χ0n) is 20.1. The van der Waals surface area contributed by atoms with Gasteiger partial charge < -0.3 is 20.1 Å². The number of fused-ring (bicyclic) bond motifs is 3. The molecule has 36 heavy (non-hydrogen) atoms. The molecule has 2 aliphatic heterocycles. The highest BCUT2D eigenvalue weighted by Gasteiger charge is 2.27. The summed E-state index contributed by atoms with van der Waals surface area (Å²) >= 11 is 6.70. The van der Waals surface area contributed by atoms with Crippen LogP contribution < -0.4 is 10.6 Å². The predicted octanol–water partition coefficient (Wildman–Crippen LogP) is 3.74. The summed E-state index contributed by atoms with van der Waals surface area (Å²) in [6, 6.07) is 14.3. The zero-order chi connectivity index (χ0) is 24.6. The van der Waals surface area contributed by atoms with Gasteiger partial charge in [-0.3, -0.25) is 9.69 Å². The maximum absolute atomic E-state index is 12.5. The van der Waals surface area contributed by atoms with E-state index in [0.717, 1.165) is 87.1 Å². The van der Waals surface area contributed by atoms with Gasteiger partial charge in [-0.05, 0) is 41.0 Å². The fourth-order valence-corrected chi connectivity index (χ4v) is 5.58. The van der Waals surface area contributed by atoms with Gasteiger partial charge in [-0.25, -0.2) is 4.98 Å². The minimum Gasteiger partial charge on any atom is -0.379 e. The Balaban J connectivity index is 1.33. The predicted molar refractivity (Wildman–Crippen MR) is 141 cm³/mol. The molecule has 7 nitrogen and oxygen atoms in total. The van der Waals surface area contributed by atoms with Crippen molar-refractivity contribution < 1.29 is 14.3 Å². The van der Waals surface area contributed by atoms with E-state index in [1.165, 1.54) is 11.3 Å². The lowest BCUT2D eigenvalue weighted by molar-refractivity contribution is 0.0342. The molecule has 3 heterocycles. The zero-order valence-corrected chi connectivity index (χ0v) is 20.9. The highest BCUT2D eigenvalue weighted by Crippen LogP contribution is 2.41. The number of aromatic nitrogens is 1. The normalized spacial score (nSPS) is 17.6. The highest BCUT2D eigenvalue weighted by molar-refractivity contribution is 6.31. The Morgan fingerprint density at radius 1 is 0.972 bits per heavy atom. The molecular formula is C28H29ClN4O3. The van der Waals surface area contributed by atoms with Crippen molar-refractivity contribution in [3.8, 4) is 22.5 Å². The molecule has 8 heteroatoms. The van der Waals surface area contributed by atoms with E-state index in [2.05, 4.69) is 34.1 Å². The average molecular weight is 505 g/mol. The van der Waals surface area contributed by atoms with Gasteiger partial charge in [-0.1, -0.05) is 29.8 Å². The third kappa shape index (κ3) is 4.48. The first-order chi connectivity index (χ1) is 17.6. The van der Waals surface area contributed by atoms with E-state index in [0.29, 0.717) is 22.7 Å². The highest BCUT2D eigenvalue weighted by atomic mass is 35.5. The number of ether oxygens (including phenoxy) is 2. The Morgan fingerprint density at radius 3 is 2.44 bits per heavy atom. The van der Waals surface area contributed by atoms with Crippen LogP contribution in [0.2, 0.25) is 5.02 Å². The lowest BCUT2D eigenvalue weighted by atomic mass is 10.0. The molecule has 186 valence electrons. The summed E-state index contributed by atoms with van der Waals surface area (Å²) in [7, 11) is 0. The van der Waals surface area contributed by atoms with Crippen LogP contribution in [-0.2, 0) is 22.4 Å². The Labute approximate surface area is 215 Å². The maximum atomic E-state index is 12.5. The summed E-state index contributed by atoms with van der Waals surface area (Å²) in [6.45, 7) is 7.32. The number of morpholine rings is 2. The molecule has 2 aromatic carbocycles. The van der Waals surface area contributed by atoms with Crippen LogP contribution in [0.15, 0.2) is 42.5 Å². The number of carbonyl (C=O) groups excluding carboxylic acids is 1. The van der Waals surface area contributed by atoms with Gasteiger partial charge >= 0.3 is 0 Å². The molecule has 2 saturated heterocycles. The second kappa shape index (κ2) is 9.82. The van der Waals surface area contributed by atoms with E-state index in [1.807, 2.05) is 18.2 Å². The van der Waals surface area contributed by atoms with Crippen LogP contribution in [0.25, 0.3) is 22.5 Å². The van der Waals surface area contributed by atoms with Gasteiger partial charge in [0.15, 0.2) is 0 Å². The lowest BCUT2D eigenvalue weighted by Gasteiger charge is -2.29. The van der Waals surface area contributed by atoms with E-state index in [4.69, 9.17) is 31.8 Å². The third-order valence-corrected chi connectivity index (χ3v) is 7.68. The summed E-state index contributed by atoms with van der Waals surface area (Å²) in [5, 5.41) is 0.692. The van der Waals surface area contributed by atoms with E-state index >= 15 is 0 Å². The molecule has 0 radical (unpaired) electrons. The summed E-state index contributed by atoms with van der Waals surface area (Å²) in [6.07, 6.45) is 0.646. The van der Waals surface area contributed by atoms with Crippen LogP contribution in [-0.4, -0.2) is 68.4 Å². The number of halogens is 1. The van der Waals surface area contributed by atoms with Crippen molar-refractivity contribution >= 4 is 23.2 Å². The Hall–Kier alpha value is -2.97. The molecule has 6 rings (SSSR count). The summed E-state index contributed by atoms with van der Waals surface area (Å²) < 4.78 is 10.9. The van der Waals surface area contributed by atoms with Crippen molar-refractivity contribution in [2.75, 3.05) is 57.5 Å². The van der Waals surface area contributed by atoms with Crippen LogP contribution in [0.4, 0.5) is 5.69 Å². The number of nitrogens with two attached hydrogens (primary N) is 1. The molecule has 0 unspecified atom stereocenters. The van der Waals surface area contributed by atoms with Crippen molar-refractivity contribution in [3.05, 3.63) is 69.7 Å². The lowest BCUT2D eigenvalue weighted by Crippen LogP contribution is -2.36. The van der Waals surface area contributed by atoms with Gasteiger partial charge in [0.1, 0.15) is 0 Å². The molecular weight excluding hydrogens is 476 g/mol. The van der Waals surface area contributed by atoms with Crippen LogP contribution in [0.3, 0.4) is 0 Å². The number of pyridine rings is 1. The van der Waals surface area contributed by atoms with Gasteiger partial charge in [0, 0.05) is 66.5 Å². The van der Waals surface area contributed by atoms with E-state index < -0.39 is 5.91 Å². The minimum absolute atomic E-state index is 0.439. The SMILES string of the molecule is NC(=O)c1cc(-c2ccc(CN3CCOCC3)c(Cl)c2)nc2c1Cc1cc(N3CCOCC3)ccc1-2. The quantitative estimate of drug-likeness (QED) is 0.446. The Morgan fingerprint density at radius 2 is 1.72 bits per heavy atom. The molecule has 0 spiro atoms. The van der Waals surface area contributed by atoms with Crippen LogP contribution in [0.5, 0.6) is 0 Å². The van der Waals surface area contributed by atoms with Crippen LogP contribution >= 0.6 is 11.6 Å². The summed E-state index contributed by atoms with van der Waals surface area (Å²) in [5.41, 5.74) is 14.1. The van der Waals surface area contributed by atoms with Crippen molar-refractivity contribution in [2.24, 2.45) is 5.73 Å². The van der Waals surface area contributed by atoms with E-state index in [1.54, 1.807) is 0 Å². The third-order valence-electron chi connectivity index (χ3n) is 7.32. The van der Waals surface area contributed by atoms with E-state index in [9.17, 15) is 4.79 Å². The van der Waals surface area contributed by atoms with Crippen LogP contribution in [0.1, 0.15) is 27.0 Å². The first-order valence-corrected chi connectivity index (χ1v) is 12.8. The topological polar surface area (TPSA) is 80.9 Å². The van der Waals surface area contributed by atoms with E-state index in [-0.39, 0.29) is 0 Å². The smallest absolute Gasteiger partial charge is 0.249 e. The minimum atomic E-state index is -0.439. The number of hydrogen-bond acceptors (Lipinski definition) is 6. The molecule has 1 aromatic heterocycles. The van der Waals surface area contributed by atoms with Gasteiger partial charge in [-0.2, -0.15) is 0 Å². The number of anilines is 1. The van der Waals surface area contributed by atoms with Crippen molar-refractivity contribution in [3.63, 3.8) is 0 Å². The number of carbonyl (C=O) groups is 1. The number of benzene rings is 2. The molecule has 0 saturated carbocycles. The molecule has 0 atom stereocenters. The molecule has 0 bridgehead atoms. The number of nitrogens with zero attached hydrogens (tertiary/aromatic N) is 3. The fourth-order valence-electron chi connectivity index (χ4n) is 5.34. The van der Waals surface area contributed by atoms with Crippen molar-refractivity contribution in [2.45, 2.75) is 13.0 Å². The van der Waals surface area contributed by atoms with Crippen LogP contribution in [0, 0.1) is 0 Å². The number of amides is 1. The van der Waals surface area contributed by atoms with Crippen molar-refractivity contribution in [1.82, 2.24) is 9.88 Å². The van der Waals surface area contributed by atoms with Gasteiger partial charge in [-0.15, -0.1) is 0 Å². The first kappa shape index (κ1) is 23.4. The standard InChI is InChI=1S/C28H29ClN4O3/c29-25-15-18(1-2-19(25)17-32-5-9-35-10-6-32)26-16-24(28(30)34)23-14-20-13-21(33-7-11-36-12-8-33)3-4-22(20)27(23)31-26/h1-4,13,15-16H,5-12,14,17H2,(H2,30,34). The molecule has 1 aliphatic carbocycles. The molecule has 1 amide bonds. The average Bonchev–Trinajstić information content (AvgIpc) is 3.28. The molecule has 2 fully saturated rings. The second-order valence-electron chi connectivity index (χ2n) is 9.56. The molecule has 3 aliphatic rings. The number of primary amides is 1. The van der Waals surface area contributed by atoms with Gasteiger partial charge in [0.2, 0.25) is 5.91 Å². The monoisotopic (exact) mass is 504 g/mol.